The van der Waals surface area contributed by atoms with Crippen LogP contribution in [0.2, 0.25) is 0 Å². The van der Waals surface area contributed by atoms with Crippen LogP contribution in [-0.2, 0) is 13.6 Å². The lowest BCUT2D eigenvalue weighted by Gasteiger charge is -2.29. The highest BCUT2D eigenvalue weighted by atomic mass is 16.3. The van der Waals surface area contributed by atoms with Crippen LogP contribution in [0.15, 0.2) is 12.4 Å². The Balaban J connectivity index is 2.30. The van der Waals surface area contributed by atoms with Crippen LogP contribution in [-0.4, -0.2) is 51.8 Å². The zero-order valence-electron chi connectivity index (χ0n) is 12.7. The number of aliphatic hydroxyl groups is 1. The molecule has 1 unspecified atom stereocenters. The van der Waals surface area contributed by atoms with Gasteiger partial charge in [-0.1, -0.05) is 6.92 Å². The lowest BCUT2D eigenvalue weighted by molar-refractivity contribution is 0.160. The van der Waals surface area contributed by atoms with E-state index in [0.29, 0.717) is 0 Å². The van der Waals surface area contributed by atoms with Crippen molar-refractivity contribution in [2.45, 2.75) is 38.8 Å². The maximum atomic E-state index is 9.44. The standard InChI is InChI=1S/C14H28N4O/c1-5-16-14(2,12-19)7-6-9-17(3)11-13-15-8-10-18(13)4/h8,10,16,19H,5-7,9,11-12H2,1-4H3. The van der Waals surface area contributed by atoms with Crippen molar-refractivity contribution in [3.8, 4) is 0 Å². The van der Waals surface area contributed by atoms with Crippen molar-refractivity contribution < 1.29 is 5.11 Å². The van der Waals surface area contributed by atoms with Gasteiger partial charge in [0, 0.05) is 25.0 Å². The van der Waals surface area contributed by atoms with Gasteiger partial charge in [0.05, 0.1) is 13.2 Å². The first-order valence-electron chi connectivity index (χ1n) is 7.01. The minimum atomic E-state index is -0.154. The Hall–Kier alpha value is -0.910. The first-order chi connectivity index (χ1) is 9.00. The Bertz CT molecular complexity index is 366. The maximum absolute atomic E-state index is 9.44. The van der Waals surface area contributed by atoms with Crippen LogP contribution in [0.4, 0.5) is 0 Å². The first kappa shape index (κ1) is 16.1. The fourth-order valence-electron chi connectivity index (χ4n) is 2.26. The molecular formula is C14H28N4O. The SMILES string of the molecule is CCNC(C)(CO)CCCN(C)Cc1nccn1C. The predicted octanol–water partition coefficient (Wildman–Crippen LogP) is 0.993. The highest BCUT2D eigenvalue weighted by Gasteiger charge is 2.21. The largest absolute Gasteiger partial charge is 0.394 e. The number of likely N-dealkylation sites (N-methyl/N-ethyl adjacent to an activating group) is 1. The number of nitrogens with one attached hydrogen (secondary N) is 1. The van der Waals surface area contributed by atoms with Crippen LogP contribution in [0.5, 0.6) is 0 Å². The third-order valence-corrected chi connectivity index (χ3v) is 3.55. The summed E-state index contributed by atoms with van der Waals surface area (Å²) in [5.74, 6) is 1.08. The molecule has 0 fully saturated rings. The number of rotatable bonds is 9. The monoisotopic (exact) mass is 268 g/mol. The summed E-state index contributed by atoms with van der Waals surface area (Å²) < 4.78 is 2.05. The highest BCUT2D eigenvalue weighted by Crippen LogP contribution is 2.12. The number of nitrogens with zero attached hydrogens (tertiary/aromatic N) is 3. The average molecular weight is 268 g/mol. The van der Waals surface area contributed by atoms with Crippen molar-refractivity contribution in [1.29, 1.82) is 0 Å². The third-order valence-electron chi connectivity index (χ3n) is 3.55. The van der Waals surface area contributed by atoms with Crippen molar-refractivity contribution in [1.82, 2.24) is 19.8 Å². The van der Waals surface area contributed by atoms with Crippen LogP contribution in [0.25, 0.3) is 0 Å². The summed E-state index contributed by atoms with van der Waals surface area (Å²) in [5, 5.41) is 12.8. The van der Waals surface area contributed by atoms with E-state index in [2.05, 4.69) is 36.1 Å². The second-order valence-corrected chi connectivity index (χ2v) is 5.54. The minimum Gasteiger partial charge on any atom is -0.394 e. The van der Waals surface area contributed by atoms with Gasteiger partial charge in [-0.2, -0.15) is 0 Å². The fourth-order valence-corrected chi connectivity index (χ4v) is 2.26. The zero-order valence-corrected chi connectivity index (χ0v) is 12.7. The third kappa shape index (κ3) is 5.30. The Morgan fingerprint density at radius 1 is 1.53 bits per heavy atom. The molecule has 0 aromatic carbocycles. The fraction of sp³-hybridized carbons (Fsp3) is 0.786. The molecule has 0 aliphatic heterocycles. The molecule has 2 N–H and O–H groups in total. The molecule has 0 spiro atoms. The van der Waals surface area contributed by atoms with Gasteiger partial charge in [-0.3, -0.25) is 4.90 Å². The second kappa shape index (κ2) is 7.62. The Morgan fingerprint density at radius 3 is 2.79 bits per heavy atom. The van der Waals surface area contributed by atoms with Crippen molar-refractivity contribution in [3.63, 3.8) is 0 Å². The molecule has 19 heavy (non-hydrogen) atoms. The van der Waals surface area contributed by atoms with Gasteiger partial charge in [0.2, 0.25) is 0 Å². The highest BCUT2D eigenvalue weighted by molar-refractivity contribution is 4.90. The van der Waals surface area contributed by atoms with E-state index < -0.39 is 0 Å². The molecule has 0 radical (unpaired) electrons. The predicted molar refractivity (Wildman–Crippen MR) is 77.9 cm³/mol. The summed E-state index contributed by atoms with van der Waals surface area (Å²) in [6.07, 6.45) is 5.83. The van der Waals surface area contributed by atoms with Crippen LogP contribution in [0, 0.1) is 0 Å². The number of aromatic nitrogens is 2. The van der Waals surface area contributed by atoms with E-state index in [1.54, 1.807) is 0 Å². The Morgan fingerprint density at radius 2 is 2.26 bits per heavy atom. The maximum Gasteiger partial charge on any atom is 0.122 e. The topological polar surface area (TPSA) is 53.3 Å². The zero-order chi connectivity index (χ0) is 14.3. The summed E-state index contributed by atoms with van der Waals surface area (Å²) in [7, 11) is 4.13. The molecule has 5 heteroatoms. The Labute approximate surface area is 116 Å². The molecule has 0 bridgehead atoms. The molecule has 1 rings (SSSR count). The van der Waals surface area contributed by atoms with Crippen molar-refractivity contribution in [3.05, 3.63) is 18.2 Å². The molecule has 1 atom stereocenters. The van der Waals surface area contributed by atoms with Crippen molar-refractivity contribution in [2.75, 3.05) is 26.7 Å². The van der Waals surface area contributed by atoms with Crippen LogP contribution in [0.1, 0.15) is 32.5 Å². The summed E-state index contributed by atoms with van der Waals surface area (Å²) in [6.45, 7) is 7.09. The van der Waals surface area contributed by atoms with Crippen LogP contribution < -0.4 is 5.32 Å². The molecule has 0 saturated heterocycles. The molecule has 1 heterocycles. The molecule has 1 aromatic rings. The number of hydrogen-bond acceptors (Lipinski definition) is 4. The van der Waals surface area contributed by atoms with Crippen LogP contribution in [0.3, 0.4) is 0 Å². The molecule has 5 nitrogen and oxygen atoms in total. The van der Waals surface area contributed by atoms with E-state index in [-0.39, 0.29) is 12.1 Å². The number of hydrogen-bond donors (Lipinski definition) is 2. The summed E-state index contributed by atoms with van der Waals surface area (Å²) in [6, 6.07) is 0. The van der Waals surface area contributed by atoms with Crippen molar-refractivity contribution >= 4 is 0 Å². The summed E-state index contributed by atoms with van der Waals surface area (Å²) in [5.41, 5.74) is -0.154. The normalized spacial score (nSPS) is 14.8. The van der Waals surface area contributed by atoms with Crippen molar-refractivity contribution in [2.24, 2.45) is 7.05 Å². The van der Waals surface area contributed by atoms with E-state index in [4.69, 9.17) is 0 Å². The number of imidazole rings is 1. The van der Waals surface area contributed by atoms with E-state index in [1.165, 1.54) is 0 Å². The molecule has 0 amide bonds. The van der Waals surface area contributed by atoms with Gasteiger partial charge in [0.15, 0.2) is 0 Å². The summed E-state index contributed by atoms with van der Waals surface area (Å²) >= 11 is 0. The first-order valence-corrected chi connectivity index (χ1v) is 7.01. The second-order valence-electron chi connectivity index (χ2n) is 5.54. The number of aryl methyl sites for hydroxylation is 1. The molecular weight excluding hydrogens is 240 g/mol. The van der Waals surface area contributed by atoms with Gasteiger partial charge in [0.25, 0.3) is 0 Å². The Kier molecular flexibility index (Phi) is 6.48. The van der Waals surface area contributed by atoms with E-state index in [9.17, 15) is 5.11 Å². The van der Waals surface area contributed by atoms with Gasteiger partial charge in [-0.15, -0.1) is 0 Å². The molecule has 110 valence electrons. The lowest BCUT2D eigenvalue weighted by atomic mass is 9.96. The molecule has 0 aliphatic carbocycles. The smallest absolute Gasteiger partial charge is 0.122 e. The van der Waals surface area contributed by atoms with Gasteiger partial charge < -0.3 is 15.0 Å². The quantitative estimate of drug-likeness (QED) is 0.701. The van der Waals surface area contributed by atoms with Gasteiger partial charge in [-0.05, 0) is 39.9 Å². The summed E-state index contributed by atoms with van der Waals surface area (Å²) in [4.78, 5) is 6.60. The van der Waals surface area contributed by atoms with E-state index in [0.717, 1.165) is 38.3 Å². The van der Waals surface area contributed by atoms with E-state index in [1.807, 2.05) is 24.0 Å². The number of aliphatic hydroxyl groups excluding tert-OH is 1. The van der Waals surface area contributed by atoms with Gasteiger partial charge in [-0.25, -0.2) is 4.98 Å². The molecule has 0 saturated carbocycles. The van der Waals surface area contributed by atoms with Crippen LogP contribution >= 0.6 is 0 Å². The average Bonchev–Trinajstić information content (AvgIpc) is 2.75. The van der Waals surface area contributed by atoms with Gasteiger partial charge >= 0.3 is 0 Å². The molecule has 0 aliphatic rings. The lowest BCUT2D eigenvalue weighted by Crippen LogP contribution is -2.46. The van der Waals surface area contributed by atoms with E-state index >= 15 is 0 Å². The molecule has 1 aromatic heterocycles. The van der Waals surface area contributed by atoms with Gasteiger partial charge in [0.1, 0.15) is 5.82 Å². The minimum absolute atomic E-state index is 0.154.